The number of hydrogen-bond donors (Lipinski definition) is 3. The zero-order chi connectivity index (χ0) is 17.8. The summed E-state index contributed by atoms with van der Waals surface area (Å²) in [7, 11) is 0. The molecule has 0 bridgehead atoms. The molecule has 2 heterocycles. The van der Waals surface area contributed by atoms with Crippen molar-refractivity contribution in [2.75, 3.05) is 17.2 Å². The van der Waals surface area contributed by atoms with Crippen LogP contribution in [-0.4, -0.2) is 38.6 Å². The van der Waals surface area contributed by atoms with E-state index in [0.717, 1.165) is 22.3 Å². The van der Waals surface area contributed by atoms with E-state index >= 15 is 0 Å². The van der Waals surface area contributed by atoms with Crippen LogP contribution in [0.5, 0.6) is 0 Å². The van der Waals surface area contributed by atoms with Crippen LogP contribution in [0.3, 0.4) is 0 Å². The second kappa shape index (κ2) is 7.04. The number of nitrogens with zero attached hydrogens (tertiary/aromatic N) is 3. The quantitative estimate of drug-likeness (QED) is 0.658. The molecule has 1 aromatic carbocycles. The summed E-state index contributed by atoms with van der Waals surface area (Å²) in [6, 6.07) is 7.72. The third-order valence-corrected chi connectivity index (χ3v) is 3.51. The molecule has 0 atom stereocenters. The largest absolute Gasteiger partial charge is 0.450 e. The van der Waals surface area contributed by atoms with Gasteiger partial charge in [-0.15, -0.1) is 5.10 Å². The molecule has 3 aromatic rings. The Kier molecular flexibility index (Phi) is 4.64. The van der Waals surface area contributed by atoms with Crippen LogP contribution in [0.4, 0.5) is 16.3 Å². The third kappa shape index (κ3) is 3.77. The lowest BCUT2D eigenvalue weighted by molar-refractivity contribution is -0.116. The molecule has 9 heteroatoms. The molecule has 0 radical (unpaired) electrons. The van der Waals surface area contributed by atoms with Gasteiger partial charge in [0, 0.05) is 16.6 Å². The van der Waals surface area contributed by atoms with E-state index < -0.39 is 6.09 Å². The van der Waals surface area contributed by atoms with Crippen LogP contribution < -0.4 is 10.6 Å². The monoisotopic (exact) mass is 342 g/mol. The average molecular weight is 342 g/mol. The number of carbonyl (C=O) groups is 2. The summed E-state index contributed by atoms with van der Waals surface area (Å²) < 4.78 is 6.08. The minimum atomic E-state index is -0.617. The van der Waals surface area contributed by atoms with Gasteiger partial charge in [0.25, 0.3) is 0 Å². The van der Waals surface area contributed by atoms with Crippen molar-refractivity contribution >= 4 is 34.4 Å². The maximum Gasteiger partial charge on any atom is 0.412 e. The van der Waals surface area contributed by atoms with Gasteiger partial charge < -0.3 is 15.0 Å². The number of aryl methyl sites for hydroxylation is 1. The van der Waals surface area contributed by atoms with Crippen LogP contribution in [0.1, 0.15) is 12.6 Å². The van der Waals surface area contributed by atoms with E-state index in [1.807, 2.05) is 31.2 Å². The molecule has 3 rings (SSSR count). The first kappa shape index (κ1) is 16.5. The molecule has 0 saturated carbocycles. The Bertz CT molecular complexity index is 914. The maximum atomic E-state index is 12.3. The Morgan fingerprint density at radius 2 is 2.08 bits per heavy atom. The Balaban J connectivity index is 1.65. The van der Waals surface area contributed by atoms with E-state index in [4.69, 9.17) is 4.74 Å². The second-order valence-electron chi connectivity index (χ2n) is 5.37. The average Bonchev–Trinajstić information content (AvgIpc) is 3.12. The highest BCUT2D eigenvalue weighted by atomic mass is 16.5. The van der Waals surface area contributed by atoms with Crippen LogP contribution in [0, 0.1) is 6.92 Å². The fourth-order valence-electron chi connectivity index (χ4n) is 2.47. The first-order chi connectivity index (χ1) is 12.1. The van der Waals surface area contributed by atoms with Gasteiger partial charge in [0.2, 0.25) is 5.91 Å². The molecule has 2 aromatic heterocycles. The van der Waals surface area contributed by atoms with Crippen LogP contribution in [0.2, 0.25) is 0 Å². The predicted octanol–water partition coefficient (Wildman–Crippen LogP) is 2.27. The van der Waals surface area contributed by atoms with Crippen molar-refractivity contribution in [3.05, 3.63) is 36.2 Å². The van der Waals surface area contributed by atoms with E-state index in [1.54, 1.807) is 6.92 Å². The van der Waals surface area contributed by atoms with Gasteiger partial charge in [-0.25, -0.2) is 9.48 Å². The summed E-state index contributed by atoms with van der Waals surface area (Å²) in [6.45, 7) is 3.82. The van der Waals surface area contributed by atoms with E-state index in [1.165, 1.54) is 10.9 Å². The van der Waals surface area contributed by atoms with Gasteiger partial charge in [-0.3, -0.25) is 10.1 Å². The van der Waals surface area contributed by atoms with Crippen LogP contribution >= 0.6 is 0 Å². The van der Waals surface area contributed by atoms with E-state index in [-0.39, 0.29) is 24.9 Å². The highest BCUT2D eigenvalue weighted by Crippen LogP contribution is 2.26. The lowest BCUT2D eigenvalue weighted by Crippen LogP contribution is -2.19. The van der Waals surface area contributed by atoms with Gasteiger partial charge in [-0.05, 0) is 19.9 Å². The number of H-pyrrole nitrogens is 1. The van der Waals surface area contributed by atoms with E-state index in [9.17, 15) is 9.59 Å². The van der Waals surface area contributed by atoms with Crippen molar-refractivity contribution in [3.8, 4) is 0 Å². The number of aromatic amines is 1. The summed E-state index contributed by atoms with van der Waals surface area (Å²) in [4.78, 5) is 26.8. The summed E-state index contributed by atoms with van der Waals surface area (Å²) in [5, 5.41) is 13.8. The zero-order valence-corrected chi connectivity index (χ0v) is 13.9. The van der Waals surface area contributed by atoms with Crippen molar-refractivity contribution < 1.29 is 14.3 Å². The topological polar surface area (TPSA) is 114 Å². The lowest BCUT2D eigenvalue weighted by Gasteiger charge is -2.05. The number of aromatic nitrogens is 4. The Labute approximate surface area is 143 Å². The molecule has 3 N–H and O–H groups in total. The Hall–Kier alpha value is -3.36. The van der Waals surface area contributed by atoms with Gasteiger partial charge in [-0.2, -0.15) is 0 Å². The highest BCUT2D eigenvalue weighted by Gasteiger charge is 2.13. The summed E-state index contributed by atoms with van der Waals surface area (Å²) in [6.07, 6.45) is 0.840. The smallest absolute Gasteiger partial charge is 0.412 e. The molecule has 9 nitrogen and oxygen atoms in total. The van der Waals surface area contributed by atoms with Crippen molar-refractivity contribution in [1.82, 2.24) is 20.0 Å². The van der Waals surface area contributed by atoms with E-state index in [2.05, 4.69) is 25.9 Å². The number of anilines is 2. The minimum absolute atomic E-state index is 0.0313. The zero-order valence-electron chi connectivity index (χ0n) is 13.9. The van der Waals surface area contributed by atoms with Gasteiger partial charge in [0.05, 0.1) is 18.5 Å². The summed E-state index contributed by atoms with van der Waals surface area (Å²) in [5.74, 6) is -0.0324. The molecule has 0 fully saturated rings. The predicted molar refractivity (Wildman–Crippen MR) is 92.3 cm³/mol. The summed E-state index contributed by atoms with van der Waals surface area (Å²) >= 11 is 0. The molecular formula is C16H18N6O3. The van der Waals surface area contributed by atoms with E-state index in [0.29, 0.717) is 0 Å². The van der Waals surface area contributed by atoms with Crippen LogP contribution in [-0.2, 0) is 16.1 Å². The number of rotatable bonds is 5. The number of nitrogens with one attached hydrogen (secondary N) is 3. The third-order valence-electron chi connectivity index (χ3n) is 3.51. The molecule has 0 aliphatic rings. The molecular weight excluding hydrogens is 324 g/mol. The van der Waals surface area contributed by atoms with Crippen molar-refractivity contribution in [3.63, 3.8) is 0 Å². The molecule has 0 unspecified atom stereocenters. The molecule has 130 valence electrons. The second-order valence-corrected chi connectivity index (χ2v) is 5.37. The molecule has 2 amide bonds. The lowest BCUT2D eigenvalue weighted by atomic mass is 10.2. The molecule has 25 heavy (non-hydrogen) atoms. The van der Waals surface area contributed by atoms with Crippen LogP contribution in [0.15, 0.2) is 30.5 Å². The number of amides is 2. The van der Waals surface area contributed by atoms with Gasteiger partial charge in [0.15, 0.2) is 5.82 Å². The van der Waals surface area contributed by atoms with Crippen molar-refractivity contribution in [2.45, 2.75) is 20.4 Å². The fraction of sp³-hybridized carbons (Fsp3) is 0.250. The highest BCUT2D eigenvalue weighted by molar-refractivity contribution is 6.02. The standard InChI is InChI=1S/C16H18N6O3/c1-3-25-16(24)18-13-8-22(21-20-13)9-14(23)19-15-10(2)17-12-7-5-4-6-11(12)15/h4-8,17H,3,9H2,1-2H3,(H,18,24)(H,19,23). The van der Waals surface area contributed by atoms with Gasteiger partial charge in [-0.1, -0.05) is 23.4 Å². The normalized spacial score (nSPS) is 10.6. The number of benzene rings is 1. The summed E-state index contributed by atoms with van der Waals surface area (Å²) in [5.41, 5.74) is 2.57. The molecule has 0 saturated heterocycles. The molecule has 0 spiro atoms. The van der Waals surface area contributed by atoms with Gasteiger partial charge in [0.1, 0.15) is 6.54 Å². The number of carbonyl (C=O) groups excluding carboxylic acids is 2. The SMILES string of the molecule is CCOC(=O)Nc1cn(CC(=O)Nc2c(C)[nH]c3ccccc23)nn1. The number of ether oxygens (including phenoxy) is 1. The number of fused-ring (bicyclic) bond motifs is 1. The van der Waals surface area contributed by atoms with Gasteiger partial charge >= 0.3 is 6.09 Å². The first-order valence-corrected chi connectivity index (χ1v) is 7.78. The fourth-order valence-corrected chi connectivity index (χ4v) is 2.47. The van der Waals surface area contributed by atoms with Crippen LogP contribution in [0.25, 0.3) is 10.9 Å². The van der Waals surface area contributed by atoms with Crippen molar-refractivity contribution in [1.29, 1.82) is 0 Å². The number of para-hydroxylation sites is 1. The maximum absolute atomic E-state index is 12.3. The minimum Gasteiger partial charge on any atom is -0.450 e. The van der Waals surface area contributed by atoms with Crippen molar-refractivity contribution in [2.24, 2.45) is 0 Å². The molecule has 0 aliphatic heterocycles. The number of hydrogen-bond acceptors (Lipinski definition) is 5. The Morgan fingerprint density at radius 3 is 2.88 bits per heavy atom. The molecule has 0 aliphatic carbocycles. The first-order valence-electron chi connectivity index (χ1n) is 7.78. The Morgan fingerprint density at radius 1 is 1.28 bits per heavy atom.